The molecule has 0 aliphatic carbocycles. The number of phenols is 1. The highest BCUT2D eigenvalue weighted by molar-refractivity contribution is 9.10. The predicted octanol–water partition coefficient (Wildman–Crippen LogP) is 4.33. The third kappa shape index (κ3) is 4.83. The average Bonchev–Trinajstić information content (AvgIpc) is 2.64. The maximum atomic E-state index is 12.4. The molecular weight excluding hydrogens is 410 g/mol. The second kappa shape index (κ2) is 8.18. The molecule has 1 aromatic heterocycles. The molecule has 1 heterocycles. The Hall–Kier alpha value is -2.93. The topological polar surface area (TPSA) is 84.3 Å². The summed E-state index contributed by atoms with van der Waals surface area (Å²) in [5.41, 5.74) is 2.24. The number of halogens is 1. The number of benzene rings is 2. The number of aryl methyl sites for hydroxylation is 1. The summed E-state index contributed by atoms with van der Waals surface area (Å²) in [6, 6.07) is 12.3. The first kappa shape index (κ1) is 18.8. The van der Waals surface area contributed by atoms with E-state index in [0.717, 1.165) is 10.0 Å². The number of nitrogens with one attached hydrogen (secondary N) is 1. The highest BCUT2D eigenvalue weighted by atomic mass is 79.9. The Balaban J connectivity index is 1.65. The van der Waals surface area contributed by atoms with Crippen LogP contribution in [-0.2, 0) is 4.79 Å². The van der Waals surface area contributed by atoms with Crippen LogP contribution in [-0.4, -0.2) is 27.1 Å². The lowest BCUT2D eigenvalue weighted by molar-refractivity contribution is -0.122. The van der Waals surface area contributed by atoms with Gasteiger partial charge in [0, 0.05) is 5.56 Å². The Morgan fingerprint density at radius 3 is 2.59 bits per heavy atom. The fraction of sp³-hybridized carbons (Fsp3) is 0.150. The molecule has 1 unspecified atom stereocenters. The molecule has 0 saturated heterocycles. The van der Waals surface area contributed by atoms with Crippen LogP contribution in [0.25, 0.3) is 11.4 Å². The molecule has 0 saturated carbocycles. The van der Waals surface area contributed by atoms with E-state index in [1.54, 1.807) is 31.2 Å². The van der Waals surface area contributed by atoms with Crippen LogP contribution < -0.4 is 10.1 Å². The van der Waals surface area contributed by atoms with E-state index in [1.165, 1.54) is 12.4 Å². The minimum atomic E-state index is -0.699. The summed E-state index contributed by atoms with van der Waals surface area (Å²) < 4.78 is 6.51. The van der Waals surface area contributed by atoms with E-state index in [9.17, 15) is 9.90 Å². The van der Waals surface area contributed by atoms with E-state index in [0.29, 0.717) is 22.8 Å². The van der Waals surface area contributed by atoms with Crippen LogP contribution in [0.4, 0.5) is 5.69 Å². The number of hydrogen-bond acceptors (Lipinski definition) is 5. The maximum absolute atomic E-state index is 12.4. The molecule has 27 heavy (non-hydrogen) atoms. The van der Waals surface area contributed by atoms with E-state index in [4.69, 9.17) is 4.74 Å². The van der Waals surface area contributed by atoms with Crippen molar-refractivity contribution in [2.24, 2.45) is 0 Å². The van der Waals surface area contributed by atoms with Crippen molar-refractivity contribution in [3.05, 3.63) is 64.9 Å². The lowest BCUT2D eigenvalue weighted by atomic mass is 10.2. The van der Waals surface area contributed by atoms with Crippen molar-refractivity contribution in [1.82, 2.24) is 9.97 Å². The zero-order valence-corrected chi connectivity index (χ0v) is 16.4. The van der Waals surface area contributed by atoms with Gasteiger partial charge in [0.25, 0.3) is 5.91 Å². The van der Waals surface area contributed by atoms with Gasteiger partial charge in [0.2, 0.25) is 0 Å². The molecule has 0 spiro atoms. The number of rotatable bonds is 5. The van der Waals surface area contributed by atoms with Crippen molar-refractivity contribution < 1.29 is 14.6 Å². The zero-order chi connectivity index (χ0) is 19.4. The highest BCUT2D eigenvalue weighted by Crippen LogP contribution is 2.27. The van der Waals surface area contributed by atoms with Crippen LogP contribution in [0.5, 0.6) is 11.5 Å². The predicted molar refractivity (Wildman–Crippen MR) is 107 cm³/mol. The number of hydrogen-bond donors (Lipinski definition) is 2. The maximum Gasteiger partial charge on any atom is 0.265 e. The largest absolute Gasteiger partial charge is 0.508 e. The number of anilines is 1. The first-order valence-electron chi connectivity index (χ1n) is 8.27. The fourth-order valence-electron chi connectivity index (χ4n) is 2.38. The Kier molecular flexibility index (Phi) is 5.71. The van der Waals surface area contributed by atoms with Gasteiger partial charge >= 0.3 is 0 Å². The van der Waals surface area contributed by atoms with Crippen LogP contribution in [0.1, 0.15) is 12.5 Å². The van der Waals surface area contributed by atoms with Crippen molar-refractivity contribution in [3.8, 4) is 22.9 Å². The van der Waals surface area contributed by atoms with E-state index in [2.05, 4.69) is 31.2 Å². The molecule has 0 fully saturated rings. The molecule has 0 radical (unpaired) electrons. The molecule has 138 valence electrons. The number of aromatic nitrogens is 2. The Labute approximate surface area is 165 Å². The van der Waals surface area contributed by atoms with Crippen LogP contribution in [0.2, 0.25) is 0 Å². The number of nitrogens with zero attached hydrogens (tertiary/aromatic N) is 2. The minimum absolute atomic E-state index is 0.140. The van der Waals surface area contributed by atoms with E-state index < -0.39 is 6.10 Å². The van der Waals surface area contributed by atoms with Crippen LogP contribution >= 0.6 is 15.9 Å². The van der Waals surface area contributed by atoms with Gasteiger partial charge in [-0.15, -0.1) is 0 Å². The summed E-state index contributed by atoms with van der Waals surface area (Å²) in [5, 5.41) is 12.3. The molecule has 0 aliphatic heterocycles. The van der Waals surface area contributed by atoms with Crippen LogP contribution in [0, 0.1) is 6.92 Å². The second-order valence-corrected chi connectivity index (χ2v) is 6.88. The van der Waals surface area contributed by atoms with Crippen molar-refractivity contribution in [2.75, 3.05) is 5.32 Å². The molecule has 6 nitrogen and oxygen atoms in total. The average molecular weight is 428 g/mol. The van der Waals surface area contributed by atoms with Gasteiger partial charge in [-0.1, -0.05) is 18.2 Å². The first-order valence-corrected chi connectivity index (χ1v) is 9.07. The van der Waals surface area contributed by atoms with Gasteiger partial charge in [-0.3, -0.25) is 4.79 Å². The number of carbonyl (C=O) groups is 1. The Bertz CT molecular complexity index is 961. The number of aromatic hydroxyl groups is 1. The normalized spacial score (nSPS) is 11.7. The van der Waals surface area contributed by atoms with Gasteiger partial charge in [-0.2, -0.15) is 0 Å². The van der Waals surface area contributed by atoms with Crippen molar-refractivity contribution in [2.45, 2.75) is 20.0 Å². The van der Waals surface area contributed by atoms with Gasteiger partial charge in [0.15, 0.2) is 11.9 Å². The van der Waals surface area contributed by atoms with Crippen LogP contribution in [0.15, 0.2) is 59.3 Å². The Morgan fingerprint density at radius 2 is 1.93 bits per heavy atom. The van der Waals surface area contributed by atoms with Gasteiger partial charge in [0.05, 0.1) is 22.6 Å². The lowest BCUT2D eigenvalue weighted by Crippen LogP contribution is -2.30. The van der Waals surface area contributed by atoms with E-state index in [1.807, 2.05) is 25.1 Å². The molecular formula is C20H18BrN3O3. The standard InChI is InChI=1S/C20H18BrN3O3/c1-12-6-7-18(17(21)8-12)27-13(2)20(26)24-15-10-22-19(23-11-15)14-4-3-5-16(25)9-14/h3-11,13,25H,1-2H3,(H,24,26). The fourth-order valence-corrected chi connectivity index (χ4v) is 2.96. The SMILES string of the molecule is Cc1ccc(OC(C)C(=O)Nc2cnc(-c3cccc(O)c3)nc2)c(Br)c1. The van der Waals surface area contributed by atoms with Crippen molar-refractivity contribution >= 4 is 27.5 Å². The van der Waals surface area contributed by atoms with E-state index in [-0.39, 0.29) is 11.7 Å². The molecule has 3 rings (SSSR count). The van der Waals surface area contributed by atoms with Crippen molar-refractivity contribution in [1.29, 1.82) is 0 Å². The van der Waals surface area contributed by atoms with Gasteiger partial charge in [-0.05, 0) is 59.6 Å². The number of amides is 1. The smallest absolute Gasteiger partial charge is 0.265 e. The zero-order valence-electron chi connectivity index (χ0n) is 14.8. The van der Waals surface area contributed by atoms with Gasteiger partial charge in [-0.25, -0.2) is 9.97 Å². The molecule has 1 amide bonds. The molecule has 0 aliphatic rings. The number of ether oxygens (including phenoxy) is 1. The Morgan fingerprint density at radius 1 is 1.19 bits per heavy atom. The van der Waals surface area contributed by atoms with Crippen LogP contribution in [0.3, 0.4) is 0 Å². The monoisotopic (exact) mass is 427 g/mol. The van der Waals surface area contributed by atoms with E-state index >= 15 is 0 Å². The summed E-state index contributed by atoms with van der Waals surface area (Å²) in [6.45, 7) is 3.65. The summed E-state index contributed by atoms with van der Waals surface area (Å²) in [4.78, 5) is 20.8. The quantitative estimate of drug-likeness (QED) is 0.632. The third-order valence-corrected chi connectivity index (χ3v) is 4.40. The molecule has 3 aromatic rings. The third-order valence-electron chi connectivity index (χ3n) is 3.78. The van der Waals surface area contributed by atoms with Gasteiger partial charge < -0.3 is 15.2 Å². The highest BCUT2D eigenvalue weighted by Gasteiger charge is 2.16. The summed E-state index contributed by atoms with van der Waals surface area (Å²) in [6.07, 6.45) is 2.33. The minimum Gasteiger partial charge on any atom is -0.508 e. The number of carbonyl (C=O) groups excluding carboxylic acids is 1. The molecule has 2 aromatic carbocycles. The van der Waals surface area contributed by atoms with Gasteiger partial charge in [0.1, 0.15) is 11.5 Å². The molecule has 1 atom stereocenters. The summed E-state index contributed by atoms with van der Waals surface area (Å²) in [5.74, 6) is 0.883. The summed E-state index contributed by atoms with van der Waals surface area (Å²) in [7, 11) is 0. The van der Waals surface area contributed by atoms with Crippen molar-refractivity contribution in [3.63, 3.8) is 0 Å². The molecule has 7 heteroatoms. The lowest BCUT2D eigenvalue weighted by Gasteiger charge is -2.16. The first-order chi connectivity index (χ1) is 12.9. The molecule has 0 bridgehead atoms. The summed E-state index contributed by atoms with van der Waals surface area (Å²) >= 11 is 3.43. The second-order valence-electron chi connectivity index (χ2n) is 6.03. The number of phenolic OH excluding ortho intramolecular Hbond substituents is 1. The molecule has 2 N–H and O–H groups in total.